The number of carboxylic acid groups (broad SMARTS) is 1. The number of carbonyl (C=O) groups excluding carboxylic acids is 2. The lowest BCUT2D eigenvalue weighted by Crippen LogP contribution is -2.71. The van der Waals surface area contributed by atoms with Crippen LogP contribution in [0, 0.1) is 0 Å². The van der Waals surface area contributed by atoms with E-state index in [-0.39, 0.29) is 29.0 Å². The Labute approximate surface area is 208 Å². The molecule has 0 aromatic carbocycles. The fourth-order valence-corrected chi connectivity index (χ4v) is 5.23. The van der Waals surface area contributed by atoms with Crippen LogP contribution in [0.1, 0.15) is 5.82 Å². The van der Waals surface area contributed by atoms with E-state index in [0.717, 1.165) is 4.90 Å². The quantitative estimate of drug-likeness (QED) is 0.181. The average molecular weight is 545 g/mol. The zero-order chi connectivity index (χ0) is 26.0. The number of thioether (sulfide) groups is 1. The molecule has 1 fully saturated rings. The third kappa shape index (κ3) is 5.40. The number of amides is 2. The van der Waals surface area contributed by atoms with Crippen molar-refractivity contribution in [3.05, 3.63) is 47.7 Å². The molecule has 0 radical (unpaired) electrons. The van der Waals surface area contributed by atoms with Crippen LogP contribution in [0.15, 0.2) is 47.0 Å². The standard InChI is InChI=1S/C19H16F3N7O5S2/c20-19(21,22)8-34-26-10(13-25-18(23)36-27-13)14(30)24-11-15(31)29-12(17(32)33)9(7-35-16(11)29)6-28-4-2-1-3-5-28/h1-5,11,16H,6-8H2,(H3-,23,24,25,27,30,32,33)/p+1/t11?,16-/m0/s1. The van der Waals surface area contributed by atoms with E-state index in [9.17, 15) is 32.7 Å². The van der Waals surface area contributed by atoms with Crippen molar-refractivity contribution in [1.29, 1.82) is 0 Å². The molecule has 2 aliphatic rings. The van der Waals surface area contributed by atoms with Gasteiger partial charge in [0.1, 0.15) is 17.1 Å². The second-order valence-electron chi connectivity index (χ2n) is 7.45. The SMILES string of the molecule is Nc1nc(C(=NOCC(F)(F)F)C(=O)NC2C(=O)N3C(C(=O)O)=C(C[n+]4ccccc4)CS[C@@H]23)ns1. The highest BCUT2D eigenvalue weighted by Crippen LogP contribution is 2.40. The number of pyridine rings is 1. The number of alkyl halides is 3. The molecule has 1 unspecified atom stereocenters. The Balaban J connectivity index is 1.52. The van der Waals surface area contributed by atoms with Gasteiger partial charge in [-0.1, -0.05) is 11.2 Å². The number of oxime groups is 1. The molecule has 2 aromatic heterocycles. The van der Waals surface area contributed by atoms with E-state index < -0.39 is 47.7 Å². The number of nitrogens with zero attached hydrogens (tertiary/aromatic N) is 5. The van der Waals surface area contributed by atoms with Crippen LogP contribution in [0.2, 0.25) is 0 Å². The lowest BCUT2D eigenvalue weighted by Gasteiger charge is -2.49. The maximum atomic E-state index is 12.9. The fourth-order valence-electron chi connectivity index (χ4n) is 3.46. The summed E-state index contributed by atoms with van der Waals surface area (Å²) in [5.74, 6) is -3.19. The van der Waals surface area contributed by atoms with E-state index in [1.54, 1.807) is 29.1 Å². The third-order valence-electron chi connectivity index (χ3n) is 4.94. The lowest BCUT2D eigenvalue weighted by atomic mass is 10.0. The molecule has 2 aliphatic heterocycles. The number of aromatic nitrogens is 3. The number of β-lactam (4-membered cyclic amide) rings is 1. The van der Waals surface area contributed by atoms with Crippen LogP contribution in [0.3, 0.4) is 0 Å². The molecular weight excluding hydrogens is 527 g/mol. The molecule has 36 heavy (non-hydrogen) atoms. The minimum atomic E-state index is -4.71. The Kier molecular flexibility index (Phi) is 7.11. The minimum absolute atomic E-state index is 0.0740. The Hall–Kier alpha value is -3.73. The first-order chi connectivity index (χ1) is 17.0. The predicted octanol–water partition coefficient (Wildman–Crippen LogP) is 0.130. The van der Waals surface area contributed by atoms with E-state index in [0.29, 0.717) is 17.1 Å². The van der Waals surface area contributed by atoms with E-state index in [1.807, 2.05) is 6.07 Å². The lowest BCUT2D eigenvalue weighted by molar-refractivity contribution is -0.689. The number of aliphatic carboxylic acids is 1. The first-order valence-electron chi connectivity index (χ1n) is 10.1. The van der Waals surface area contributed by atoms with Crippen molar-refractivity contribution in [2.75, 3.05) is 18.1 Å². The molecular formula is C19H17F3N7O5S2+. The molecule has 1 saturated heterocycles. The van der Waals surface area contributed by atoms with E-state index >= 15 is 0 Å². The Morgan fingerprint density at radius 1 is 1.33 bits per heavy atom. The number of nitrogens with one attached hydrogen (secondary N) is 1. The first-order valence-corrected chi connectivity index (χ1v) is 11.9. The van der Waals surface area contributed by atoms with Crippen LogP contribution in [-0.2, 0) is 25.8 Å². The highest BCUT2D eigenvalue weighted by Gasteiger charge is 2.55. The van der Waals surface area contributed by atoms with Gasteiger partial charge in [-0.15, -0.1) is 11.8 Å². The number of fused-ring (bicyclic) bond motifs is 1. The topological polar surface area (TPSA) is 164 Å². The largest absolute Gasteiger partial charge is 0.477 e. The van der Waals surface area contributed by atoms with Crippen LogP contribution in [0.4, 0.5) is 18.3 Å². The molecule has 0 saturated carbocycles. The molecule has 0 aliphatic carbocycles. The average Bonchev–Trinajstić information content (AvgIpc) is 3.25. The maximum absolute atomic E-state index is 12.9. The van der Waals surface area contributed by atoms with Gasteiger partial charge < -0.3 is 21.0 Å². The molecule has 0 bridgehead atoms. The van der Waals surface area contributed by atoms with E-state index in [4.69, 9.17) is 5.73 Å². The zero-order valence-electron chi connectivity index (χ0n) is 18.0. The molecule has 0 spiro atoms. The number of carboxylic acids is 1. The van der Waals surface area contributed by atoms with Crippen molar-refractivity contribution in [1.82, 2.24) is 19.6 Å². The van der Waals surface area contributed by atoms with Crippen molar-refractivity contribution in [3.63, 3.8) is 0 Å². The summed E-state index contributed by atoms with van der Waals surface area (Å²) in [7, 11) is 0. The molecule has 2 atom stereocenters. The third-order valence-corrected chi connectivity index (χ3v) is 6.82. The number of anilines is 1. The van der Waals surface area contributed by atoms with Gasteiger partial charge in [0.05, 0.1) is 0 Å². The molecule has 2 aromatic rings. The summed E-state index contributed by atoms with van der Waals surface area (Å²) in [6, 6.07) is 4.21. The van der Waals surface area contributed by atoms with Crippen molar-refractivity contribution in [3.8, 4) is 0 Å². The van der Waals surface area contributed by atoms with Gasteiger partial charge in [0.15, 0.2) is 24.1 Å². The Morgan fingerprint density at radius 3 is 2.67 bits per heavy atom. The van der Waals surface area contributed by atoms with Crippen LogP contribution in [0.25, 0.3) is 0 Å². The molecule has 2 amide bonds. The predicted molar refractivity (Wildman–Crippen MR) is 119 cm³/mol. The van der Waals surface area contributed by atoms with Crippen molar-refractivity contribution in [2.24, 2.45) is 5.16 Å². The summed E-state index contributed by atoms with van der Waals surface area (Å²) in [5.41, 5.74) is 5.10. The van der Waals surface area contributed by atoms with Crippen molar-refractivity contribution < 1.29 is 42.1 Å². The van der Waals surface area contributed by atoms with Crippen molar-refractivity contribution >= 4 is 51.9 Å². The van der Waals surface area contributed by atoms with Gasteiger partial charge in [0.2, 0.25) is 18.1 Å². The zero-order valence-corrected chi connectivity index (χ0v) is 19.6. The van der Waals surface area contributed by atoms with Gasteiger partial charge in [-0.3, -0.25) is 14.5 Å². The van der Waals surface area contributed by atoms with Gasteiger partial charge in [-0.05, 0) is 0 Å². The summed E-state index contributed by atoms with van der Waals surface area (Å²) in [6.45, 7) is -1.53. The van der Waals surface area contributed by atoms with Gasteiger partial charge in [0, 0.05) is 35.0 Å². The van der Waals surface area contributed by atoms with Gasteiger partial charge in [-0.2, -0.15) is 22.5 Å². The minimum Gasteiger partial charge on any atom is -0.477 e. The number of rotatable bonds is 8. The second kappa shape index (κ2) is 10.1. The van der Waals surface area contributed by atoms with Crippen LogP contribution < -0.4 is 15.6 Å². The number of halogens is 3. The Bertz CT molecular complexity index is 1250. The first kappa shape index (κ1) is 25.4. The summed E-state index contributed by atoms with van der Waals surface area (Å²) in [6.07, 6.45) is -1.20. The number of hydrogen-bond donors (Lipinski definition) is 3. The highest BCUT2D eigenvalue weighted by atomic mass is 32.2. The number of carbonyl (C=O) groups is 3. The highest BCUT2D eigenvalue weighted by molar-refractivity contribution is 8.00. The number of nitrogens with two attached hydrogens (primary N) is 1. The van der Waals surface area contributed by atoms with Crippen LogP contribution >= 0.6 is 23.3 Å². The fraction of sp³-hybridized carbons (Fsp3) is 0.316. The smallest absolute Gasteiger partial charge is 0.425 e. The summed E-state index contributed by atoms with van der Waals surface area (Å²) in [5, 5.41) is 14.5. The molecule has 12 nitrogen and oxygen atoms in total. The normalized spacial score (nSPS) is 20.0. The van der Waals surface area contributed by atoms with Gasteiger partial charge >= 0.3 is 12.1 Å². The van der Waals surface area contributed by atoms with E-state index in [2.05, 4.69) is 24.7 Å². The van der Waals surface area contributed by atoms with Gasteiger partial charge in [-0.25, -0.2) is 9.36 Å². The summed E-state index contributed by atoms with van der Waals surface area (Å²) >= 11 is 1.91. The van der Waals surface area contributed by atoms with Crippen LogP contribution in [0.5, 0.6) is 0 Å². The molecule has 4 heterocycles. The van der Waals surface area contributed by atoms with E-state index in [1.165, 1.54) is 11.8 Å². The number of hydrogen-bond acceptors (Lipinski definition) is 10. The van der Waals surface area contributed by atoms with Crippen LogP contribution in [-0.4, -0.2) is 72.8 Å². The molecule has 190 valence electrons. The summed E-state index contributed by atoms with van der Waals surface area (Å²) in [4.78, 5) is 46.7. The Morgan fingerprint density at radius 2 is 2.06 bits per heavy atom. The second-order valence-corrected chi connectivity index (χ2v) is 9.34. The monoisotopic (exact) mass is 544 g/mol. The van der Waals surface area contributed by atoms with Gasteiger partial charge in [0.25, 0.3) is 11.8 Å². The molecule has 4 rings (SSSR count). The molecule has 17 heteroatoms. The number of nitrogen functional groups attached to an aromatic ring is 1. The van der Waals surface area contributed by atoms with Crippen molar-refractivity contribution in [2.45, 2.75) is 24.1 Å². The maximum Gasteiger partial charge on any atom is 0.425 e. The summed E-state index contributed by atoms with van der Waals surface area (Å²) < 4.78 is 42.9. The molecule has 4 N–H and O–H groups in total.